The lowest BCUT2D eigenvalue weighted by Gasteiger charge is -2.18. The second-order valence-electron chi connectivity index (χ2n) is 8.76. The summed E-state index contributed by atoms with van der Waals surface area (Å²) in [6.45, 7) is 0. The van der Waals surface area contributed by atoms with Crippen LogP contribution in [0.2, 0.25) is 0 Å². The van der Waals surface area contributed by atoms with Crippen molar-refractivity contribution in [1.82, 2.24) is 0 Å². The molecule has 0 fully saturated rings. The Morgan fingerprint density at radius 3 is 1.39 bits per heavy atom. The lowest BCUT2D eigenvalue weighted by atomic mass is 9.86. The molecular weight excluding hydrogens is 432 g/mol. The number of hydrogen-bond acceptors (Lipinski definition) is 0. The maximum Gasteiger partial charge on any atom is 0.0629 e. The molecule has 0 saturated heterocycles. The van der Waals surface area contributed by atoms with Crippen molar-refractivity contribution in [3.8, 4) is 33.4 Å². The topological polar surface area (TPSA) is 0 Å². The molecule has 0 heterocycles. The van der Waals surface area contributed by atoms with E-state index in [1.165, 1.54) is 0 Å². The van der Waals surface area contributed by atoms with E-state index in [0.29, 0.717) is 22.3 Å². The van der Waals surface area contributed by atoms with E-state index in [4.69, 9.17) is 11.0 Å². The Balaban J connectivity index is 1.63. The zero-order valence-electron chi connectivity index (χ0n) is 27.2. The fourth-order valence-electron chi connectivity index (χ4n) is 5.01. The van der Waals surface area contributed by atoms with Crippen molar-refractivity contribution >= 4 is 32.3 Å². The average Bonchev–Trinajstić information content (AvgIpc) is 3.06. The smallest absolute Gasteiger partial charge is 0.0622 e. The van der Waals surface area contributed by atoms with Crippen LogP contribution in [0.5, 0.6) is 0 Å². The van der Waals surface area contributed by atoms with E-state index in [2.05, 4.69) is 24.3 Å². The summed E-state index contributed by atoms with van der Waals surface area (Å²) < 4.78 is 70.2. The zero-order chi connectivity index (χ0) is 30.9. The lowest BCUT2D eigenvalue weighted by Crippen LogP contribution is -1.90. The fraction of sp³-hybridized carbons (Fsp3) is 0. The molecule has 0 aromatic heterocycles. The van der Waals surface area contributed by atoms with Crippen LogP contribution in [0.15, 0.2) is 145 Å². The highest BCUT2D eigenvalue weighted by molar-refractivity contribution is 6.21. The van der Waals surface area contributed by atoms with Gasteiger partial charge in [-0.1, -0.05) is 139 Å². The van der Waals surface area contributed by atoms with Gasteiger partial charge in [-0.25, -0.2) is 0 Å². The molecule has 0 nitrogen and oxygen atoms in total. The van der Waals surface area contributed by atoms with Gasteiger partial charge < -0.3 is 0 Å². The zero-order valence-corrected chi connectivity index (χ0v) is 19.2. The van der Waals surface area contributed by atoms with Gasteiger partial charge in [-0.2, -0.15) is 0 Å². The highest BCUT2D eigenvalue weighted by atomic mass is 14.2. The standard InChI is InChI=1S/C36H24/c1-2-11-27(12-3-1)35-31-14-6-8-16-33(31)36(34-17-9-7-15-32(34)35)28-21-18-26(19-22-28)30-23-20-25-10-4-5-13-29(25)24-30/h1-24H/i6D,7D,8D,9D,14D,15D,16D,17D. The first kappa shape index (κ1) is 14.0. The van der Waals surface area contributed by atoms with Crippen molar-refractivity contribution < 1.29 is 11.0 Å². The third-order valence-electron chi connectivity index (χ3n) is 6.69. The Hall–Kier alpha value is -4.68. The van der Waals surface area contributed by atoms with E-state index in [0.717, 1.165) is 21.9 Å². The van der Waals surface area contributed by atoms with Crippen LogP contribution < -0.4 is 0 Å². The Morgan fingerprint density at radius 2 is 0.806 bits per heavy atom. The van der Waals surface area contributed by atoms with Gasteiger partial charge in [-0.05, 0) is 71.8 Å². The molecule has 0 atom stereocenters. The molecule has 36 heavy (non-hydrogen) atoms. The maximum atomic E-state index is 9.04. The van der Waals surface area contributed by atoms with Gasteiger partial charge in [0.1, 0.15) is 0 Å². The van der Waals surface area contributed by atoms with Gasteiger partial charge in [0.15, 0.2) is 0 Å². The predicted octanol–water partition coefficient (Wildman–Crippen LogP) is 10.1. The van der Waals surface area contributed by atoms with Crippen molar-refractivity contribution in [3.05, 3.63) is 145 Å². The molecule has 0 aliphatic carbocycles. The molecule has 0 N–H and O–H groups in total. The van der Waals surface area contributed by atoms with Gasteiger partial charge in [0.05, 0.1) is 11.0 Å². The molecule has 0 amide bonds. The van der Waals surface area contributed by atoms with Crippen molar-refractivity contribution in [2.75, 3.05) is 0 Å². The van der Waals surface area contributed by atoms with Gasteiger partial charge in [0.2, 0.25) is 0 Å². The Labute approximate surface area is 222 Å². The quantitative estimate of drug-likeness (QED) is 0.228. The van der Waals surface area contributed by atoms with E-state index in [1.807, 2.05) is 48.5 Å². The second kappa shape index (κ2) is 8.52. The Bertz CT molecular complexity index is 2210. The predicted molar refractivity (Wildman–Crippen MR) is 155 cm³/mol. The lowest BCUT2D eigenvalue weighted by molar-refractivity contribution is 1.62. The molecule has 0 unspecified atom stereocenters. The minimum absolute atomic E-state index is 0.214. The molecule has 0 spiro atoms. The third kappa shape index (κ3) is 3.39. The van der Waals surface area contributed by atoms with Crippen LogP contribution in [-0.4, -0.2) is 0 Å². The molecule has 0 radical (unpaired) electrons. The summed E-state index contributed by atoms with van der Waals surface area (Å²) in [5.41, 5.74) is 3.82. The van der Waals surface area contributed by atoms with Crippen LogP contribution in [0.1, 0.15) is 11.0 Å². The molecule has 0 bridgehead atoms. The van der Waals surface area contributed by atoms with Gasteiger partial charge in [-0.3, -0.25) is 0 Å². The Morgan fingerprint density at radius 1 is 0.361 bits per heavy atom. The number of benzene rings is 7. The first-order valence-corrected chi connectivity index (χ1v) is 11.8. The van der Waals surface area contributed by atoms with Gasteiger partial charge >= 0.3 is 0 Å². The number of fused-ring (bicyclic) bond motifs is 3. The van der Waals surface area contributed by atoms with Gasteiger partial charge in [-0.15, -0.1) is 0 Å². The number of rotatable bonds is 3. The molecule has 0 aliphatic heterocycles. The van der Waals surface area contributed by atoms with Crippen LogP contribution in [0.25, 0.3) is 65.7 Å². The summed E-state index contributed by atoms with van der Waals surface area (Å²) in [5.74, 6) is 0. The minimum Gasteiger partial charge on any atom is -0.0622 e. The normalized spacial score (nSPS) is 14.4. The summed E-state index contributed by atoms with van der Waals surface area (Å²) in [4.78, 5) is 0. The summed E-state index contributed by atoms with van der Waals surface area (Å²) >= 11 is 0. The monoisotopic (exact) mass is 464 g/mol. The van der Waals surface area contributed by atoms with Crippen molar-refractivity contribution in [3.63, 3.8) is 0 Å². The minimum atomic E-state index is -0.407. The largest absolute Gasteiger partial charge is 0.0629 e. The van der Waals surface area contributed by atoms with Crippen LogP contribution >= 0.6 is 0 Å². The van der Waals surface area contributed by atoms with Crippen molar-refractivity contribution in [1.29, 1.82) is 0 Å². The van der Waals surface area contributed by atoms with Crippen molar-refractivity contribution in [2.24, 2.45) is 0 Å². The van der Waals surface area contributed by atoms with Crippen LogP contribution in [0.4, 0.5) is 0 Å². The summed E-state index contributed by atoms with van der Waals surface area (Å²) in [7, 11) is 0. The highest BCUT2D eigenvalue weighted by Gasteiger charge is 2.16. The highest BCUT2D eigenvalue weighted by Crippen LogP contribution is 2.43. The summed E-state index contributed by atoms with van der Waals surface area (Å²) in [6, 6.07) is 28.2. The number of hydrogen-bond donors (Lipinski definition) is 0. The summed E-state index contributed by atoms with van der Waals surface area (Å²) in [6.07, 6.45) is 0. The second-order valence-corrected chi connectivity index (χ2v) is 8.76. The molecule has 7 aromatic carbocycles. The maximum absolute atomic E-state index is 9.04. The molecule has 0 saturated carbocycles. The SMILES string of the molecule is [2H]c1c([2H])c([2H])c2c(-c3ccc(-c4ccc5ccccc5c4)cc3)c3c([2H])c([2H])c([2H])c([2H])c3c(-c3ccccc3)c2c1[2H]. The van der Waals surface area contributed by atoms with E-state index in [9.17, 15) is 0 Å². The first-order valence-electron chi connectivity index (χ1n) is 15.8. The first-order chi connectivity index (χ1) is 21.2. The Kier molecular flexibility index (Phi) is 3.32. The van der Waals surface area contributed by atoms with E-state index >= 15 is 0 Å². The third-order valence-corrected chi connectivity index (χ3v) is 6.69. The van der Waals surface area contributed by atoms with Crippen molar-refractivity contribution in [2.45, 2.75) is 0 Å². The molecule has 7 rings (SSSR count). The van der Waals surface area contributed by atoms with E-state index in [1.54, 1.807) is 24.3 Å². The van der Waals surface area contributed by atoms with E-state index in [-0.39, 0.29) is 45.7 Å². The molecular formula is C36H24. The van der Waals surface area contributed by atoms with Crippen LogP contribution in [0, 0.1) is 0 Å². The van der Waals surface area contributed by atoms with Gasteiger partial charge in [0.25, 0.3) is 0 Å². The van der Waals surface area contributed by atoms with Crippen LogP contribution in [-0.2, 0) is 0 Å². The molecule has 7 aromatic rings. The molecule has 168 valence electrons. The fourth-order valence-corrected chi connectivity index (χ4v) is 5.01. The van der Waals surface area contributed by atoms with Crippen LogP contribution in [0.3, 0.4) is 0 Å². The van der Waals surface area contributed by atoms with E-state index < -0.39 is 24.2 Å². The molecule has 0 heteroatoms. The summed E-state index contributed by atoms with van der Waals surface area (Å²) in [5, 5.41) is 3.10. The van der Waals surface area contributed by atoms with Gasteiger partial charge in [0, 0.05) is 0 Å². The average molecular weight is 465 g/mol. The molecule has 0 aliphatic rings.